The topological polar surface area (TPSA) is 32.3 Å². The summed E-state index contributed by atoms with van der Waals surface area (Å²) >= 11 is 0. The van der Waals surface area contributed by atoms with Crippen LogP contribution < -0.4 is 5.32 Å². The Morgan fingerprint density at radius 2 is 1.70 bits per heavy atom. The number of hydrogen-bond acceptors (Lipinski definition) is 2. The molecule has 2 aromatic carbocycles. The van der Waals surface area contributed by atoms with E-state index < -0.39 is 0 Å². The van der Waals surface area contributed by atoms with E-state index in [4.69, 9.17) is 0 Å². The van der Waals surface area contributed by atoms with Crippen LogP contribution in [-0.2, 0) is 6.54 Å². The number of nitrogens with zero attached hydrogens (tertiary/aromatic N) is 1. The number of piperidine rings is 2. The molecule has 2 aliphatic heterocycles. The van der Waals surface area contributed by atoms with Crippen LogP contribution in [0.3, 0.4) is 0 Å². The van der Waals surface area contributed by atoms with Crippen molar-refractivity contribution >= 4 is 5.91 Å². The SMILES string of the molecule is Cc1ccc(CN2C3CCCC2CC(NC(=O)c2cccc(C)c2)C3)cc1. The van der Waals surface area contributed by atoms with Crippen LogP contribution >= 0.6 is 0 Å². The maximum atomic E-state index is 12.7. The molecule has 27 heavy (non-hydrogen) atoms. The Kier molecular flexibility index (Phi) is 5.31. The zero-order chi connectivity index (χ0) is 18.8. The molecule has 2 heterocycles. The highest BCUT2D eigenvalue weighted by Crippen LogP contribution is 2.35. The zero-order valence-electron chi connectivity index (χ0n) is 16.4. The predicted octanol–water partition coefficient (Wildman–Crippen LogP) is 4.62. The van der Waals surface area contributed by atoms with Crippen molar-refractivity contribution in [2.75, 3.05) is 0 Å². The van der Waals surface area contributed by atoms with E-state index in [-0.39, 0.29) is 5.91 Å². The minimum atomic E-state index is 0.0776. The second-order valence-corrected chi connectivity index (χ2v) is 8.41. The largest absolute Gasteiger partial charge is 0.349 e. The molecule has 4 rings (SSSR count). The lowest BCUT2D eigenvalue weighted by molar-refractivity contribution is 0.0177. The summed E-state index contributed by atoms with van der Waals surface area (Å²) in [4.78, 5) is 15.4. The van der Waals surface area contributed by atoms with Gasteiger partial charge in [0.1, 0.15) is 0 Å². The van der Waals surface area contributed by atoms with E-state index in [0.29, 0.717) is 18.1 Å². The van der Waals surface area contributed by atoms with Crippen LogP contribution in [0.1, 0.15) is 59.2 Å². The molecule has 0 saturated carbocycles. The van der Waals surface area contributed by atoms with Crippen molar-refractivity contribution in [3.63, 3.8) is 0 Å². The van der Waals surface area contributed by atoms with E-state index >= 15 is 0 Å². The normalized spacial score (nSPS) is 25.2. The van der Waals surface area contributed by atoms with Gasteiger partial charge in [-0.3, -0.25) is 9.69 Å². The monoisotopic (exact) mass is 362 g/mol. The quantitative estimate of drug-likeness (QED) is 0.861. The smallest absolute Gasteiger partial charge is 0.251 e. The molecule has 2 aromatic rings. The Hall–Kier alpha value is -2.13. The summed E-state index contributed by atoms with van der Waals surface area (Å²) in [5.41, 5.74) is 4.63. The highest BCUT2D eigenvalue weighted by molar-refractivity contribution is 5.94. The molecule has 0 spiro atoms. The van der Waals surface area contributed by atoms with Crippen molar-refractivity contribution in [3.8, 4) is 0 Å². The highest BCUT2D eigenvalue weighted by Gasteiger charge is 2.38. The standard InChI is InChI=1S/C24H30N2O/c1-17-9-11-19(12-10-17)16-26-22-7-4-8-23(26)15-21(14-22)25-24(27)20-6-3-5-18(2)13-20/h3,5-6,9-13,21-23H,4,7-8,14-16H2,1-2H3,(H,25,27). The van der Waals surface area contributed by atoms with Gasteiger partial charge < -0.3 is 5.32 Å². The van der Waals surface area contributed by atoms with Crippen LogP contribution in [0.2, 0.25) is 0 Å². The van der Waals surface area contributed by atoms with Crippen molar-refractivity contribution in [3.05, 3.63) is 70.8 Å². The fourth-order valence-electron chi connectivity index (χ4n) is 4.81. The van der Waals surface area contributed by atoms with E-state index in [1.165, 1.54) is 30.4 Å². The lowest BCUT2D eigenvalue weighted by atomic mass is 9.81. The van der Waals surface area contributed by atoms with Gasteiger partial charge in [-0.2, -0.15) is 0 Å². The van der Waals surface area contributed by atoms with Gasteiger partial charge in [0.25, 0.3) is 5.91 Å². The average Bonchev–Trinajstić information content (AvgIpc) is 2.64. The minimum Gasteiger partial charge on any atom is -0.349 e. The van der Waals surface area contributed by atoms with Gasteiger partial charge in [-0.05, 0) is 57.2 Å². The predicted molar refractivity (Wildman–Crippen MR) is 110 cm³/mol. The summed E-state index contributed by atoms with van der Waals surface area (Å²) in [7, 11) is 0. The van der Waals surface area contributed by atoms with Gasteiger partial charge in [-0.15, -0.1) is 0 Å². The number of carbonyl (C=O) groups excluding carboxylic acids is 1. The van der Waals surface area contributed by atoms with Gasteiger partial charge in [0.2, 0.25) is 0 Å². The van der Waals surface area contributed by atoms with Gasteiger partial charge in [-0.25, -0.2) is 0 Å². The second kappa shape index (κ2) is 7.85. The maximum absolute atomic E-state index is 12.7. The van der Waals surface area contributed by atoms with Gasteiger partial charge >= 0.3 is 0 Å². The molecule has 2 bridgehead atoms. The van der Waals surface area contributed by atoms with E-state index in [1.54, 1.807) is 0 Å². The number of benzene rings is 2. The van der Waals surface area contributed by atoms with Crippen molar-refractivity contribution < 1.29 is 4.79 Å². The van der Waals surface area contributed by atoms with Crippen LogP contribution in [0.15, 0.2) is 48.5 Å². The third kappa shape index (κ3) is 4.24. The molecule has 3 nitrogen and oxygen atoms in total. The maximum Gasteiger partial charge on any atom is 0.251 e. The highest BCUT2D eigenvalue weighted by atomic mass is 16.1. The molecule has 142 valence electrons. The number of nitrogens with one attached hydrogen (secondary N) is 1. The third-order valence-corrected chi connectivity index (χ3v) is 6.23. The van der Waals surface area contributed by atoms with Crippen LogP contribution in [0, 0.1) is 13.8 Å². The number of carbonyl (C=O) groups is 1. The molecule has 0 aliphatic carbocycles. The number of fused-ring (bicyclic) bond motifs is 2. The van der Waals surface area contributed by atoms with Crippen molar-refractivity contribution in [1.82, 2.24) is 10.2 Å². The molecule has 3 heteroatoms. The van der Waals surface area contributed by atoms with Gasteiger partial charge in [0.05, 0.1) is 0 Å². The first-order valence-corrected chi connectivity index (χ1v) is 10.3. The lowest BCUT2D eigenvalue weighted by Crippen LogP contribution is -2.56. The molecular formula is C24H30N2O. The van der Waals surface area contributed by atoms with Crippen molar-refractivity contribution in [2.24, 2.45) is 0 Å². The molecular weight excluding hydrogens is 332 g/mol. The molecule has 2 aliphatic rings. The van der Waals surface area contributed by atoms with Crippen LogP contribution in [0.25, 0.3) is 0 Å². The van der Waals surface area contributed by atoms with E-state index in [1.807, 2.05) is 31.2 Å². The Morgan fingerprint density at radius 1 is 1.00 bits per heavy atom. The van der Waals surface area contributed by atoms with Crippen LogP contribution in [0.4, 0.5) is 0 Å². The molecule has 0 radical (unpaired) electrons. The number of amides is 1. The lowest BCUT2D eigenvalue weighted by Gasteiger charge is -2.49. The molecule has 2 saturated heterocycles. The summed E-state index contributed by atoms with van der Waals surface area (Å²) in [5.74, 6) is 0.0776. The third-order valence-electron chi connectivity index (χ3n) is 6.23. The first kappa shape index (κ1) is 18.2. The van der Waals surface area contributed by atoms with Crippen LogP contribution in [-0.4, -0.2) is 28.9 Å². The van der Waals surface area contributed by atoms with E-state index in [0.717, 1.165) is 30.5 Å². The minimum absolute atomic E-state index is 0.0776. The van der Waals surface area contributed by atoms with Crippen LogP contribution in [0.5, 0.6) is 0 Å². The Morgan fingerprint density at radius 3 is 2.37 bits per heavy atom. The second-order valence-electron chi connectivity index (χ2n) is 8.41. The van der Waals surface area contributed by atoms with E-state index in [9.17, 15) is 4.79 Å². The first-order valence-electron chi connectivity index (χ1n) is 10.3. The summed E-state index contributed by atoms with van der Waals surface area (Å²) in [6, 6.07) is 18.3. The fourth-order valence-corrected chi connectivity index (χ4v) is 4.81. The number of aryl methyl sites for hydroxylation is 2. The Bertz CT molecular complexity index is 784. The molecule has 2 unspecified atom stereocenters. The molecule has 1 amide bonds. The van der Waals surface area contributed by atoms with Gasteiger partial charge in [0.15, 0.2) is 0 Å². The molecule has 1 N–H and O–H groups in total. The van der Waals surface area contributed by atoms with Gasteiger partial charge in [0, 0.05) is 30.2 Å². The first-order chi connectivity index (χ1) is 13.1. The molecule has 2 atom stereocenters. The molecule has 2 fully saturated rings. The summed E-state index contributed by atoms with van der Waals surface area (Å²) < 4.78 is 0. The summed E-state index contributed by atoms with van der Waals surface area (Å²) in [6.07, 6.45) is 5.95. The summed E-state index contributed by atoms with van der Waals surface area (Å²) in [5, 5.41) is 3.32. The average molecular weight is 363 g/mol. The van der Waals surface area contributed by atoms with Gasteiger partial charge in [-0.1, -0.05) is 53.9 Å². The zero-order valence-corrected chi connectivity index (χ0v) is 16.4. The number of rotatable bonds is 4. The van der Waals surface area contributed by atoms with E-state index in [2.05, 4.69) is 41.4 Å². The number of hydrogen-bond donors (Lipinski definition) is 1. The summed E-state index contributed by atoms with van der Waals surface area (Å²) in [6.45, 7) is 5.21. The molecule has 0 aromatic heterocycles. The Labute approximate surface area is 162 Å². The van der Waals surface area contributed by atoms with Crippen molar-refractivity contribution in [2.45, 2.75) is 70.6 Å². The van der Waals surface area contributed by atoms with Crippen molar-refractivity contribution in [1.29, 1.82) is 0 Å². The Balaban J connectivity index is 1.41. The fraction of sp³-hybridized carbons (Fsp3) is 0.458.